The highest BCUT2D eigenvalue weighted by Crippen LogP contribution is 2.23. The maximum Gasteiger partial charge on any atom is 0.226 e. The van der Waals surface area contributed by atoms with E-state index in [2.05, 4.69) is 5.32 Å². The molecule has 2 aromatic carbocycles. The molecule has 0 aliphatic heterocycles. The lowest BCUT2D eigenvalue weighted by Gasteiger charge is -2.23. The Hall–Kier alpha value is -2.33. The summed E-state index contributed by atoms with van der Waals surface area (Å²) in [6, 6.07) is 13.1. The van der Waals surface area contributed by atoms with Crippen molar-refractivity contribution in [1.29, 1.82) is 0 Å². The largest absolute Gasteiger partial charge is 0.326 e. The second-order valence-electron chi connectivity index (χ2n) is 5.91. The number of rotatable bonds is 6. The van der Waals surface area contributed by atoms with Crippen molar-refractivity contribution >= 4 is 34.8 Å². The van der Waals surface area contributed by atoms with E-state index in [-0.39, 0.29) is 18.2 Å². The van der Waals surface area contributed by atoms with Gasteiger partial charge in [-0.15, -0.1) is 0 Å². The molecule has 2 amide bonds. The van der Waals surface area contributed by atoms with Crippen LogP contribution in [0.3, 0.4) is 0 Å². The number of hydrogen-bond acceptors (Lipinski definition) is 2. The van der Waals surface area contributed by atoms with E-state index in [1.165, 1.54) is 6.92 Å². The zero-order valence-electron chi connectivity index (χ0n) is 14.8. The number of nitrogens with one attached hydrogen (secondary N) is 1. The minimum Gasteiger partial charge on any atom is -0.326 e. The molecule has 2 rings (SSSR count). The second-order valence-corrected chi connectivity index (χ2v) is 6.35. The van der Waals surface area contributed by atoms with Crippen LogP contribution in [0.2, 0.25) is 5.02 Å². The number of carbonyl (C=O) groups excluding carboxylic acids is 2. The zero-order chi connectivity index (χ0) is 18.4. The molecule has 0 saturated carbocycles. The molecule has 0 atom stereocenters. The van der Waals surface area contributed by atoms with E-state index in [9.17, 15) is 9.59 Å². The van der Waals surface area contributed by atoms with Crippen LogP contribution in [-0.2, 0) is 16.0 Å². The first-order chi connectivity index (χ1) is 11.9. The Balaban J connectivity index is 2.07. The predicted molar refractivity (Wildman–Crippen MR) is 103 cm³/mol. The second kappa shape index (κ2) is 8.67. The maximum atomic E-state index is 12.3. The molecular formula is C20H23ClN2O2. The standard InChI is InChI=1S/C20H23ClN2O2/c1-4-16-7-5-6-8-19(16)23(15(3)24)12-11-20(25)22-18-13-17(21)10-9-14(18)2/h5-10,13H,4,11-12H2,1-3H3,(H,22,25). The van der Waals surface area contributed by atoms with Gasteiger partial charge in [0.2, 0.25) is 11.8 Å². The van der Waals surface area contributed by atoms with Crippen molar-refractivity contribution in [2.24, 2.45) is 0 Å². The SMILES string of the molecule is CCc1ccccc1N(CCC(=O)Nc1cc(Cl)ccc1C)C(C)=O. The first-order valence-electron chi connectivity index (χ1n) is 8.34. The summed E-state index contributed by atoms with van der Waals surface area (Å²) in [7, 11) is 0. The van der Waals surface area contributed by atoms with Gasteiger partial charge in [0, 0.05) is 36.3 Å². The number of nitrogens with zero attached hydrogens (tertiary/aromatic N) is 1. The first-order valence-corrected chi connectivity index (χ1v) is 8.72. The summed E-state index contributed by atoms with van der Waals surface area (Å²) < 4.78 is 0. The zero-order valence-corrected chi connectivity index (χ0v) is 15.6. The fourth-order valence-corrected chi connectivity index (χ4v) is 2.85. The number of aryl methyl sites for hydroxylation is 2. The molecule has 0 aliphatic rings. The fourth-order valence-electron chi connectivity index (χ4n) is 2.68. The smallest absolute Gasteiger partial charge is 0.226 e. The molecule has 0 radical (unpaired) electrons. The van der Waals surface area contributed by atoms with Gasteiger partial charge in [0.05, 0.1) is 0 Å². The molecule has 0 aromatic heterocycles. The van der Waals surface area contributed by atoms with Crippen molar-refractivity contribution in [3.63, 3.8) is 0 Å². The van der Waals surface area contributed by atoms with Crippen LogP contribution in [0.15, 0.2) is 42.5 Å². The molecule has 25 heavy (non-hydrogen) atoms. The van der Waals surface area contributed by atoms with Gasteiger partial charge in [0.1, 0.15) is 0 Å². The predicted octanol–water partition coefficient (Wildman–Crippen LogP) is 4.59. The van der Waals surface area contributed by atoms with Crippen LogP contribution in [0.25, 0.3) is 0 Å². The summed E-state index contributed by atoms with van der Waals surface area (Å²) in [5.74, 6) is -0.224. The molecule has 132 valence electrons. The topological polar surface area (TPSA) is 49.4 Å². The lowest BCUT2D eigenvalue weighted by Crippen LogP contribution is -2.32. The summed E-state index contributed by atoms with van der Waals surface area (Å²) in [6.07, 6.45) is 1.04. The van der Waals surface area contributed by atoms with Crippen LogP contribution in [0.4, 0.5) is 11.4 Å². The summed E-state index contributed by atoms with van der Waals surface area (Å²) in [6.45, 7) is 5.81. The number of carbonyl (C=O) groups is 2. The number of hydrogen-bond donors (Lipinski definition) is 1. The number of halogens is 1. The van der Waals surface area contributed by atoms with E-state index in [1.54, 1.807) is 17.0 Å². The Bertz CT molecular complexity index is 774. The number of para-hydroxylation sites is 1. The molecule has 0 saturated heterocycles. The monoisotopic (exact) mass is 358 g/mol. The van der Waals surface area contributed by atoms with Crippen molar-refractivity contribution < 1.29 is 9.59 Å². The number of amides is 2. The summed E-state index contributed by atoms with van der Waals surface area (Å²) in [5.41, 5.74) is 3.59. The number of benzene rings is 2. The average molecular weight is 359 g/mol. The third-order valence-electron chi connectivity index (χ3n) is 4.08. The summed E-state index contributed by atoms with van der Waals surface area (Å²) in [4.78, 5) is 26.0. The van der Waals surface area contributed by atoms with Crippen LogP contribution in [0, 0.1) is 6.92 Å². The van der Waals surface area contributed by atoms with Crippen molar-refractivity contribution in [2.45, 2.75) is 33.6 Å². The van der Waals surface area contributed by atoms with Crippen molar-refractivity contribution in [3.8, 4) is 0 Å². The van der Waals surface area contributed by atoms with E-state index in [1.807, 2.05) is 44.2 Å². The highest BCUT2D eigenvalue weighted by Gasteiger charge is 2.16. The van der Waals surface area contributed by atoms with Crippen LogP contribution < -0.4 is 10.2 Å². The molecule has 0 aliphatic carbocycles. The Labute approximate surface area is 153 Å². The van der Waals surface area contributed by atoms with Crippen LogP contribution in [0.5, 0.6) is 0 Å². The van der Waals surface area contributed by atoms with E-state index in [0.29, 0.717) is 17.3 Å². The quantitative estimate of drug-likeness (QED) is 0.820. The van der Waals surface area contributed by atoms with Gasteiger partial charge in [0.15, 0.2) is 0 Å². The van der Waals surface area contributed by atoms with Gasteiger partial charge in [-0.05, 0) is 42.7 Å². The van der Waals surface area contributed by atoms with Gasteiger partial charge < -0.3 is 10.2 Å². The van der Waals surface area contributed by atoms with Crippen LogP contribution in [0.1, 0.15) is 31.4 Å². The summed E-state index contributed by atoms with van der Waals surface area (Å²) in [5, 5.41) is 3.44. The van der Waals surface area contributed by atoms with Gasteiger partial charge in [-0.2, -0.15) is 0 Å². The lowest BCUT2D eigenvalue weighted by atomic mass is 10.1. The Kier molecular flexibility index (Phi) is 6.59. The third-order valence-corrected chi connectivity index (χ3v) is 4.31. The highest BCUT2D eigenvalue weighted by molar-refractivity contribution is 6.31. The fraction of sp³-hybridized carbons (Fsp3) is 0.300. The van der Waals surface area contributed by atoms with E-state index >= 15 is 0 Å². The van der Waals surface area contributed by atoms with Crippen molar-refractivity contribution in [3.05, 3.63) is 58.6 Å². The average Bonchev–Trinajstić information content (AvgIpc) is 2.58. The molecule has 0 spiro atoms. The van der Waals surface area contributed by atoms with Gasteiger partial charge in [-0.3, -0.25) is 9.59 Å². The van der Waals surface area contributed by atoms with Crippen LogP contribution in [-0.4, -0.2) is 18.4 Å². The van der Waals surface area contributed by atoms with Gasteiger partial charge in [-0.25, -0.2) is 0 Å². The highest BCUT2D eigenvalue weighted by atomic mass is 35.5. The van der Waals surface area contributed by atoms with E-state index in [0.717, 1.165) is 23.2 Å². The lowest BCUT2D eigenvalue weighted by molar-refractivity contribution is -0.117. The first kappa shape index (κ1) is 19.0. The van der Waals surface area contributed by atoms with E-state index < -0.39 is 0 Å². The van der Waals surface area contributed by atoms with Gasteiger partial charge in [-0.1, -0.05) is 42.8 Å². The molecular weight excluding hydrogens is 336 g/mol. The molecule has 0 heterocycles. The summed E-state index contributed by atoms with van der Waals surface area (Å²) >= 11 is 5.98. The van der Waals surface area contributed by atoms with Gasteiger partial charge in [0.25, 0.3) is 0 Å². The van der Waals surface area contributed by atoms with Crippen molar-refractivity contribution in [1.82, 2.24) is 0 Å². The van der Waals surface area contributed by atoms with Crippen molar-refractivity contribution in [2.75, 3.05) is 16.8 Å². The Morgan fingerprint density at radius 3 is 2.56 bits per heavy atom. The molecule has 2 aromatic rings. The molecule has 0 fully saturated rings. The maximum absolute atomic E-state index is 12.3. The molecule has 5 heteroatoms. The third kappa shape index (κ3) is 5.07. The minimum atomic E-state index is -0.148. The number of anilines is 2. The minimum absolute atomic E-state index is 0.0763. The molecule has 0 bridgehead atoms. The van der Waals surface area contributed by atoms with E-state index in [4.69, 9.17) is 11.6 Å². The molecule has 0 unspecified atom stereocenters. The van der Waals surface area contributed by atoms with Crippen LogP contribution >= 0.6 is 11.6 Å². The molecule has 4 nitrogen and oxygen atoms in total. The molecule has 1 N–H and O–H groups in total. The van der Waals surface area contributed by atoms with Gasteiger partial charge >= 0.3 is 0 Å². The Morgan fingerprint density at radius 1 is 1.16 bits per heavy atom. The normalized spacial score (nSPS) is 10.4. The Morgan fingerprint density at radius 2 is 1.88 bits per heavy atom.